The van der Waals surface area contributed by atoms with Gasteiger partial charge in [-0.25, -0.2) is 13.6 Å². The summed E-state index contributed by atoms with van der Waals surface area (Å²) in [6.45, 7) is 3.07. The van der Waals surface area contributed by atoms with Crippen molar-refractivity contribution in [2.24, 2.45) is 11.1 Å². The van der Waals surface area contributed by atoms with Gasteiger partial charge in [-0.1, -0.05) is 31.9 Å². The van der Waals surface area contributed by atoms with Crippen molar-refractivity contribution in [3.8, 4) is 0 Å². The highest BCUT2D eigenvalue weighted by Crippen LogP contribution is 2.24. The summed E-state index contributed by atoms with van der Waals surface area (Å²) in [4.78, 5) is 0.169. The number of sulfonamides is 1. The van der Waals surface area contributed by atoms with Gasteiger partial charge in [0.1, 0.15) is 0 Å². The minimum absolute atomic E-state index is 0.169. The number of hydrogen-bond acceptors (Lipinski definition) is 3. The predicted molar refractivity (Wildman–Crippen MR) is 76.1 cm³/mol. The van der Waals surface area contributed by atoms with Crippen LogP contribution in [0.25, 0.3) is 0 Å². The van der Waals surface area contributed by atoms with E-state index < -0.39 is 10.0 Å². The molecular formula is C14H22N2O2S. The Kier molecular flexibility index (Phi) is 4.60. The van der Waals surface area contributed by atoms with Crippen LogP contribution in [0.5, 0.6) is 0 Å². The maximum atomic E-state index is 11.2. The monoisotopic (exact) mass is 282 g/mol. The minimum atomic E-state index is -3.58. The third-order valence-corrected chi connectivity index (χ3v) is 4.86. The topological polar surface area (TPSA) is 72.2 Å². The summed E-state index contributed by atoms with van der Waals surface area (Å²) in [5.41, 5.74) is 1.09. The lowest BCUT2D eigenvalue weighted by Gasteiger charge is -2.29. The number of primary sulfonamides is 1. The van der Waals surface area contributed by atoms with Crippen molar-refractivity contribution in [1.29, 1.82) is 0 Å². The average molecular weight is 282 g/mol. The first kappa shape index (κ1) is 14.5. The summed E-state index contributed by atoms with van der Waals surface area (Å²) in [6, 6.07) is 7.35. The first-order chi connectivity index (χ1) is 8.97. The molecule has 1 saturated carbocycles. The van der Waals surface area contributed by atoms with E-state index in [1.54, 1.807) is 12.1 Å². The zero-order valence-corrected chi connectivity index (χ0v) is 12.1. The predicted octanol–water partition coefficient (Wildman–Crippen LogP) is 2.00. The Morgan fingerprint density at radius 2 is 1.84 bits per heavy atom. The molecular weight excluding hydrogens is 260 g/mol. The summed E-state index contributed by atoms with van der Waals surface area (Å²) in [5.74, 6) is 0.720. The third kappa shape index (κ3) is 4.03. The highest BCUT2D eigenvalue weighted by Gasteiger charge is 2.20. The molecule has 0 bridgehead atoms. The highest BCUT2D eigenvalue weighted by molar-refractivity contribution is 7.89. The van der Waals surface area contributed by atoms with Gasteiger partial charge in [0.25, 0.3) is 0 Å². The largest absolute Gasteiger partial charge is 0.310 e. The molecule has 2 atom stereocenters. The number of hydrogen-bond donors (Lipinski definition) is 2. The zero-order chi connectivity index (χ0) is 13.9. The minimum Gasteiger partial charge on any atom is -0.310 e. The van der Waals surface area contributed by atoms with Crippen molar-refractivity contribution >= 4 is 10.0 Å². The molecule has 19 heavy (non-hydrogen) atoms. The van der Waals surface area contributed by atoms with Gasteiger partial charge < -0.3 is 5.32 Å². The van der Waals surface area contributed by atoms with Crippen LogP contribution in [0.2, 0.25) is 0 Å². The molecule has 1 aromatic carbocycles. The first-order valence-corrected chi connectivity index (χ1v) is 8.36. The summed E-state index contributed by atoms with van der Waals surface area (Å²) in [7, 11) is -3.58. The molecule has 2 unspecified atom stereocenters. The molecule has 1 fully saturated rings. The van der Waals surface area contributed by atoms with Crippen LogP contribution in [0.4, 0.5) is 0 Å². The SMILES string of the molecule is CC1CCCCC1NCc1ccc(S(N)(=O)=O)cc1. The fourth-order valence-corrected chi connectivity index (χ4v) is 3.18. The Morgan fingerprint density at radius 3 is 2.42 bits per heavy atom. The van der Waals surface area contributed by atoms with E-state index in [9.17, 15) is 8.42 Å². The smallest absolute Gasteiger partial charge is 0.238 e. The molecule has 0 aliphatic heterocycles. The molecule has 4 nitrogen and oxygen atoms in total. The van der Waals surface area contributed by atoms with E-state index in [1.165, 1.54) is 25.7 Å². The van der Waals surface area contributed by atoms with E-state index in [4.69, 9.17) is 5.14 Å². The lowest BCUT2D eigenvalue weighted by Crippen LogP contribution is -2.36. The van der Waals surface area contributed by atoms with E-state index in [-0.39, 0.29) is 4.90 Å². The lowest BCUT2D eigenvalue weighted by atomic mass is 9.86. The molecule has 106 valence electrons. The summed E-state index contributed by atoms with van der Waals surface area (Å²) < 4.78 is 22.3. The quantitative estimate of drug-likeness (QED) is 0.887. The van der Waals surface area contributed by atoms with Crippen LogP contribution in [0.15, 0.2) is 29.2 Å². The number of benzene rings is 1. The number of nitrogens with two attached hydrogens (primary N) is 1. The molecule has 0 amide bonds. The standard InChI is InChI=1S/C14H22N2O2S/c1-11-4-2-3-5-14(11)16-10-12-6-8-13(9-7-12)19(15,17)18/h6-9,11,14,16H,2-5,10H2,1H3,(H2,15,17,18). The second kappa shape index (κ2) is 6.03. The van der Waals surface area contributed by atoms with Crippen molar-refractivity contribution in [3.63, 3.8) is 0 Å². The molecule has 0 aromatic heterocycles. The van der Waals surface area contributed by atoms with Crippen molar-refractivity contribution in [2.75, 3.05) is 0 Å². The Bertz CT molecular complexity index is 511. The van der Waals surface area contributed by atoms with Crippen molar-refractivity contribution in [2.45, 2.75) is 50.1 Å². The molecule has 1 aliphatic carbocycles. The molecule has 0 spiro atoms. The average Bonchev–Trinajstić information content (AvgIpc) is 2.37. The zero-order valence-electron chi connectivity index (χ0n) is 11.3. The molecule has 2 rings (SSSR count). The van der Waals surface area contributed by atoms with Crippen LogP contribution < -0.4 is 10.5 Å². The van der Waals surface area contributed by atoms with Crippen molar-refractivity contribution < 1.29 is 8.42 Å². The molecule has 1 aliphatic rings. The highest BCUT2D eigenvalue weighted by atomic mass is 32.2. The van der Waals surface area contributed by atoms with Crippen LogP contribution in [0.3, 0.4) is 0 Å². The third-order valence-electron chi connectivity index (χ3n) is 3.93. The van der Waals surface area contributed by atoms with Gasteiger partial charge in [0.2, 0.25) is 10.0 Å². The molecule has 0 saturated heterocycles. The summed E-state index contributed by atoms with van der Waals surface area (Å²) in [6.07, 6.45) is 5.16. The Morgan fingerprint density at radius 1 is 1.21 bits per heavy atom. The molecule has 0 heterocycles. The van der Waals surface area contributed by atoms with Crippen LogP contribution >= 0.6 is 0 Å². The maximum Gasteiger partial charge on any atom is 0.238 e. The summed E-state index contributed by atoms with van der Waals surface area (Å²) >= 11 is 0. The Hall–Kier alpha value is -0.910. The van der Waals surface area contributed by atoms with Crippen LogP contribution in [-0.4, -0.2) is 14.5 Å². The van der Waals surface area contributed by atoms with E-state index >= 15 is 0 Å². The van der Waals surface area contributed by atoms with Gasteiger partial charge in [-0.05, 0) is 36.5 Å². The van der Waals surface area contributed by atoms with Gasteiger partial charge in [-0.2, -0.15) is 0 Å². The molecule has 0 radical (unpaired) electrons. The second-order valence-corrected chi connectivity index (χ2v) is 7.00. The normalized spacial score (nSPS) is 24.3. The van der Waals surface area contributed by atoms with Gasteiger partial charge in [0, 0.05) is 12.6 Å². The maximum absolute atomic E-state index is 11.2. The molecule has 5 heteroatoms. The van der Waals surface area contributed by atoms with Crippen LogP contribution in [0.1, 0.15) is 38.2 Å². The second-order valence-electron chi connectivity index (χ2n) is 5.44. The number of rotatable bonds is 4. The van der Waals surface area contributed by atoms with Crippen LogP contribution in [0, 0.1) is 5.92 Å². The van der Waals surface area contributed by atoms with Crippen LogP contribution in [-0.2, 0) is 16.6 Å². The van der Waals surface area contributed by atoms with E-state index in [0.717, 1.165) is 18.0 Å². The fourth-order valence-electron chi connectivity index (χ4n) is 2.67. The fraction of sp³-hybridized carbons (Fsp3) is 0.571. The van der Waals surface area contributed by atoms with Gasteiger partial charge >= 0.3 is 0 Å². The van der Waals surface area contributed by atoms with Gasteiger partial charge in [0.05, 0.1) is 4.90 Å². The van der Waals surface area contributed by atoms with Gasteiger partial charge in [-0.15, -0.1) is 0 Å². The Balaban J connectivity index is 1.93. The molecule has 3 N–H and O–H groups in total. The number of nitrogens with one attached hydrogen (secondary N) is 1. The van der Waals surface area contributed by atoms with E-state index in [0.29, 0.717) is 6.04 Å². The first-order valence-electron chi connectivity index (χ1n) is 6.82. The van der Waals surface area contributed by atoms with Crippen molar-refractivity contribution in [1.82, 2.24) is 5.32 Å². The van der Waals surface area contributed by atoms with Gasteiger partial charge in [-0.3, -0.25) is 0 Å². The lowest BCUT2D eigenvalue weighted by molar-refractivity contribution is 0.279. The Labute approximate surface area is 115 Å². The van der Waals surface area contributed by atoms with E-state index in [2.05, 4.69) is 12.2 Å². The van der Waals surface area contributed by atoms with E-state index in [1.807, 2.05) is 12.1 Å². The van der Waals surface area contributed by atoms with Crippen molar-refractivity contribution in [3.05, 3.63) is 29.8 Å². The summed E-state index contributed by atoms with van der Waals surface area (Å²) in [5, 5.41) is 8.64. The molecule has 1 aromatic rings. The van der Waals surface area contributed by atoms with Gasteiger partial charge in [0.15, 0.2) is 0 Å².